The molecule has 164 valence electrons. The molecule has 0 aliphatic heterocycles. The summed E-state index contributed by atoms with van der Waals surface area (Å²) in [6.45, 7) is 11.7. The maximum absolute atomic E-state index is 13.0. The van der Waals surface area contributed by atoms with Gasteiger partial charge < -0.3 is 15.1 Å². The molecule has 0 atom stereocenters. The Balaban J connectivity index is 2.30. The SMILES string of the molecule is CC(C)CN(Cc1cc(NC(=O)c2cccs2)ccc1N(C)C)C(=O)CC(C)(C)C. The summed E-state index contributed by atoms with van der Waals surface area (Å²) in [5.41, 5.74) is 2.74. The van der Waals surface area contributed by atoms with E-state index in [1.165, 1.54) is 11.3 Å². The van der Waals surface area contributed by atoms with E-state index in [9.17, 15) is 9.59 Å². The summed E-state index contributed by atoms with van der Waals surface area (Å²) in [4.78, 5) is 30.2. The number of nitrogens with zero attached hydrogens (tertiary/aromatic N) is 2. The van der Waals surface area contributed by atoms with Crippen molar-refractivity contribution in [1.82, 2.24) is 4.90 Å². The van der Waals surface area contributed by atoms with Crippen LogP contribution in [0.5, 0.6) is 0 Å². The van der Waals surface area contributed by atoms with Gasteiger partial charge in [0.25, 0.3) is 5.91 Å². The van der Waals surface area contributed by atoms with Crippen molar-refractivity contribution in [2.45, 2.75) is 47.6 Å². The minimum Gasteiger partial charge on any atom is -0.377 e. The number of anilines is 2. The van der Waals surface area contributed by atoms with Gasteiger partial charge in [-0.15, -0.1) is 11.3 Å². The van der Waals surface area contributed by atoms with E-state index in [0.29, 0.717) is 30.3 Å². The zero-order chi connectivity index (χ0) is 22.5. The van der Waals surface area contributed by atoms with Crippen molar-refractivity contribution in [3.05, 3.63) is 46.2 Å². The Morgan fingerprint density at radius 2 is 1.83 bits per heavy atom. The number of amides is 2. The Morgan fingerprint density at radius 3 is 2.37 bits per heavy atom. The minimum absolute atomic E-state index is 0.0623. The minimum atomic E-state index is -0.114. The van der Waals surface area contributed by atoms with E-state index in [1.807, 2.05) is 59.6 Å². The van der Waals surface area contributed by atoms with Gasteiger partial charge in [-0.25, -0.2) is 0 Å². The Morgan fingerprint density at radius 1 is 1.13 bits per heavy atom. The molecule has 2 amide bonds. The molecule has 6 heteroatoms. The predicted molar refractivity (Wildman–Crippen MR) is 127 cm³/mol. The van der Waals surface area contributed by atoms with Crippen molar-refractivity contribution in [2.24, 2.45) is 11.3 Å². The summed E-state index contributed by atoms with van der Waals surface area (Å²) in [7, 11) is 3.99. The quantitative estimate of drug-likeness (QED) is 0.604. The van der Waals surface area contributed by atoms with Crippen LogP contribution in [-0.4, -0.2) is 37.4 Å². The average molecular weight is 430 g/mol. The molecule has 0 saturated carbocycles. The molecule has 1 aromatic carbocycles. The first kappa shape index (κ1) is 23.9. The second-order valence-electron chi connectivity index (χ2n) is 9.57. The van der Waals surface area contributed by atoms with Gasteiger partial charge in [0.2, 0.25) is 5.91 Å². The molecule has 0 fully saturated rings. The molecule has 0 aliphatic rings. The third-order valence-electron chi connectivity index (χ3n) is 4.55. The fourth-order valence-electron chi connectivity index (χ4n) is 3.29. The van der Waals surface area contributed by atoms with Gasteiger partial charge >= 0.3 is 0 Å². The van der Waals surface area contributed by atoms with Gasteiger partial charge in [0.15, 0.2) is 0 Å². The normalized spacial score (nSPS) is 11.5. The molecule has 0 saturated heterocycles. The lowest BCUT2D eigenvalue weighted by Crippen LogP contribution is -2.36. The van der Waals surface area contributed by atoms with Gasteiger partial charge in [0, 0.05) is 45.0 Å². The molecule has 0 bridgehead atoms. The molecule has 2 rings (SSSR count). The van der Waals surface area contributed by atoms with Crippen LogP contribution in [0.4, 0.5) is 11.4 Å². The molecule has 1 N–H and O–H groups in total. The molecule has 0 aliphatic carbocycles. The highest BCUT2D eigenvalue weighted by Crippen LogP contribution is 2.27. The van der Waals surface area contributed by atoms with Gasteiger partial charge in [0.1, 0.15) is 0 Å². The monoisotopic (exact) mass is 429 g/mol. The first-order chi connectivity index (χ1) is 14.0. The van der Waals surface area contributed by atoms with Crippen molar-refractivity contribution < 1.29 is 9.59 Å². The molecular weight excluding hydrogens is 394 g/mol. The van der Waals surface area contributed by atoms with Crippen molar-refractivity contribution in [2.75, 3.05) is 30.9 Å². The van der Waals surface area contributed by atoms with Crippen LogP contribution in [0.15, 0.2) is 35.7 Å². The van der Waals surface area contributed by atoms with Crippen LogP contribution in [0.1, 0.15) is 56.3 Å². The second kappa shape index (κ2) is 10.1. The standard InChI is InChI=1S/C24H35N3O2S/c1-17(2)15-27(22(28)14-24(3,4)5)16-18-13-19(10-11-20(18)26(6)7)25-23(29)21-9-8-12-30-21/h8-13,17H,14-16H2,1-7H3,(H,25,29). The molecule has 30 heavy (non-hydrogen) atoms. The van der Waals surface area contributed by atoms with E-state index in [4.69, 9.17) is 0 Å². The largest absolute Gasteiger partial charge is 0.377 e. The summed E-state index contributed by atoms with van der Waals surface area (Å²) in [6.07, 6.45) is 0.506. The van der Waals surface area contributed by atoms with E-state index in [1.54, 1.807) is 0 Å². The van der Waals surface area contributed by atoms with Gasteiger partial charge in [-0.05, 0) is 46.5 Å². The number of carbonyl (C=O) groups is 2. The summed E-state index contributed by atoms with van der Waals surface area (Å²) in [5, 5.41) is 4.87. The third-order valence-corrected chi connectivity index (χ3v) is 5.41. The maximum Gasteiger partial charge on any atom is 0.265 e. The maximum atomic E-state index is 13.0. The van der Waals surface area contributed by atoms with Crippen LogP contribution in [0.25, 0.3) is 0 Å². The summed E-state index contributed by atoms with van der Waals surface area (Å²) < 4.78 is 0. The van der Waals surface area contributed by atoms with Crippen LogP contribution in [0.2, 0.25) is 0 Å². The summed E-state index contributed by atoms with van der Waals surface area (Å²) in [6, 6.07) is 9.57. The first-order valence-electron chi connectivity index (χ1n) is 10.4. The Hall–Kier alpha value is -2.34. The van der Waals surface area contributed by atoms with E-state index in [0.717, 1.165) is 16.9 Å². The Labute approximate surface area is 185 Å². The number of thiophene rings is 1. The number of benzene rings is 1. The highest BCUT2D eigenvalue weighted by atomic mass is 32.1. The zero-order valence-corrected chi connectivity index (χ0v) is 20.1. The highest BCUT2D eigenvalue weighted by molar-refractivity contribution is 7.12. The van der Waals surface area contributed by atoms with Crippen molar-refractivity contribution in [1.29, 1.82) is 0 Å². The molecule has 5 nitrogen and oxygen atoms in total. The highest BCUT2D eigenvalue weighted by Gasteiger charge is 2.23. The number of nitrogens with one attached hydrogen (secondary N) is 1. The average Bonchev–Trinajstić information content (AvgIpc) is 3.14. The van der Waals surface area contributed by atoms with Crippen molar-refractivity contribution in [3.63, 3.8) is 0 Å². The molecule has 1 aromatic heterocycles. The fraction of sp³-hybridized carbons (Fsp3) is 0.500. The van der Waals surface area contributed by atoms with E-state index < -0.39 is 0 Å². The zero-order valence-electron chi connectivity index (χ0n) is 19.3. The topological polar surface area (TPSA) is 52.7 Å². The molecule has 1 heterocycles. The van der Waals surface area contributed by atoms with Crippen LogP contribution in [-0.2, 0) is 11.3 Å². The van der Waals surface area contributed by atoms with Gasteiger partial charge in [-0.2, -0.15) is 0 Å². The number of hydrogen-bond donors (Lipinski definition) is 1. The lowest BCUT2D eigenvalue weighted by Gasteiger charge is -2.30. The summed E-state index contributed by atoms with van der Waals surface area (Å²) in [5.74, 6) is 0.420. The fourth-order valence-corrected chi connectivity index (χ4v) is 3.91. The van der Waals surface area contributed by atoms with Crippen molar-refractivity contribution >= 4 is 34.5 Å². The van der Waals surface area contributed by atoms with E-state index in [2.05, 4.69) is 39.9 Å². The van der Waals surface area contributed by atoms with Crippen LogP contribution >= 0.6 is 11.3 Å². The van der Waals surface area contributed by atoms with Gasteiger partial charge in [-0.3, -0.25) is 9.59 Å². The van der Waals surface area contributed by atoms with E-state index >= 15 is 0 Å². The van der Waals surface area contributed by atoms with Crippen LogP contribution in [0, 0.1) is 11.3 Å². The Kier molecular flexibility index (Phi) is 8.07. The molecule has 0 spiro atoms. The molecule has 0 unspecified atom stereocenters. The van der Waals surface area contributed by atoms with Crippen LogP contribution < -0.4 is 10.2 Å². The van der Waals surface area contributed by atoms with Gasteiger partial charge in [-0.1, -0.05) is 40.7 Å². The smallest absolute Gasteiger partial charge is 0.265 e. The molecule has 2 aromatic rings. The summed E-state index contributed by atoms with van der Waals surface area (Å²) >= 11 is 1.42. The molecular formula is C24H35N3O2S. The lowest BCUT2D eigenvalue weighted by molar-refractivity contribution is -0.134. The predicted octanol–water partition coefficient (Wildman–Crippen LogP) is 5.49. The Bertz CT molecular complexity index is 852. The number of carbonyl (C=O) groups excluding carboxylic acids is 2. The van der Waals surface area contributed by atoms with Gasteiger partial charge in [0.05, 0.1) is 4.88 Å². The number of rotatable bonds is 8. The first-order valence-corrected chi connectivity index (χ1v) is 11.3. The molecule has 0 radical (unpaired) electrons. The number of hydrogen-bond acceptors (Lipinski definition) is 4. The van der Waals surface area contributed by atoms with Crippen molar-refractivity contribution in [3.8, 4) is 0 Å². The van der Waals surface area contributed by atoms with E-state index in [-0.39, 0.29) is 17.2 Å². The third kappa shape index (κ3) is 7.17. The lowest BCUT2D eigenvalue weighted by atomic mass is 9.91. The second-order valence-corrected chi connectivity index (χ2v) is 10.5. The van der Waals surface area contributed by atoms with Crippen LogP contribution in [0.3, 0.4) is 0 Å².